The molecule has 1 saturated heterocycles. The number of carbonyl (C=O) groups excluding carboxylic acids is 1. The van der Waals surface area contributed by atoms with Crippen molar-refractivity contribution in [3.63, 3.8) is 0 Å². The second-order valence-electron chi connectivity index (χ2n) is 8.49. The third-order valence-electron chi connectivity index (χ3n) is 6.41. The number of aromatic nitrogens is 1. The van der Waals surface area contributed by atoms with Gasteiger partial charge in [0, 0.05) is 50.6 Å². The molecule has 1 amide bonds. The van der Waals surface area contributed by atoms with Crippen LogP contribution in [0.2, 0.25) is 0 Å². The standard InChI is InChI=1S/C25H33N3O3/c1-3-21-18-27(17-20-15-22(30-2)9-10-24(20)31-21)14-11-25(29)28-13-5-4-8-23(28)19-7-6-12-26-16-19/h6-7,9-10,12,15-16,21,23H,3-5,8,11,13-14,17-18H2,1-2H3. The molecule has 0 spiro atoms. The van der Waals surface area contributed by atoms with Crippen molar-refractivity contribution in [2.45, 2.75) is 57.7 Å². The highest BCUT2D eigenvalue weighted by atomic mass is 16.5. The van der Waals surface area contributed by atoms with Crippen LogP contribution in [0.25, 0.3) is 0 Å². The van der Waals surface area contributed by atoms with Crippen molar-refractivity contribution in [2.75, 3.05) is 26.7 Å². The van der Waals surface area contributed by atoms with Crippen molar-refractivity contribution in [3.8, 4) is 11.5 Å². The highest BCUT2D eigenvalue weighted by molar-refractivity contribution is 5.77. The Labute approximate surface area is 185 Å². The Kier molecular flexibility index (Phi) is 7.07. The van der Waals surface area contributed by atoms with Gasteiger partial charge >= 0.3 is 0 Å². The molecule has 0 aliphatic carbocycles. The van der Waals surface area contributed by atoms with Gasteiger partial charge in [0.2, 0.25) is 5.91 Å². The van der Waals surface area contributed by atoms with E-state index in [-0.39, 0.29) is 18.1 Å². The maximum Gasteiger partial charge on any atom is 0.224 e. The quantitative estimate of drug-likeness (QED) is 0.697. The SMILES string of the molecule is CCC1CN(CCC(=O)N2CCCCC2c2cccnc2)Cc2cc(OC)ccc2O1. The Bertz CT molecular complexity index is 874. The lowest BCUT2D eigenvalue weighted by Crippen LogP contribution is -2.41. The first-order valence-electron chi connectivity index (χ1n) is 11.4. The minimum Gasteiger partial charge on any atom is -0.497 e. The fourth-order valence-electron chi connectivity index (χ4n) is 4.66. The Morgan fingerprint density at radius 2 is 2.19 bits per heavy atom. The zero-order valence-electron chi connectivity index (χ0n) is 18.6. The normalized spacial score (nSPS) is 21.7. The third-order valence-corrected chi connectivity index (χ3v) is 6.41. The predicted molar refractivity (Wildman–Crippen MR) is 120 cm³/mol. The molecule has 1 fully saturated rings. The fourth-order valence-corrected chi connectivity index (χ4v) is 4.66. The summed E-state index contributed by atoms with van der Waals surface area (Å²) in [7, 11) is 1.68. The second-order valence-corrected chi connectivity index (χ2v) is 8.49. The number of carbonyl (C=O) groups is 1. The molecule has 2 atom stereocenters. The molecular weight excluding hydrogens is 390 g/mol. The van der Waals surface area contributed by atoms with E-state index in [1.807, 2.05) is 30.5 Å². The maximum atomic E-state index is 13.2. The van der Waals surface area contributed by atoms with Crippen LogP contribution in [-0.4, -0.2) is 53.5 Å². The zero-order valence-corrected chi connectivity index (χ0v) is 18.6. The van der Waals surface area contributed by atoms with E-state index < -0.39 is 0 Å². The van der Waals surface area contributed by atoms with E-state index in [0.29, 0.717) is 6.42 Å². The molecule has 0 bridgehead atoms. The van der Waals surface area contributed by atoms with Gasteiger partial charge in [-0.1, -0.05) is 13.0 Å². The Morgan fingerprint density at radius 1 is 1.29 bits per heavy atom. The number of amides is 1. The molecule has 1 aromatic heterocycles. The molecular formula is C25H33N3O3. The number of piperidine rings is 1. The zero-order chi connectivity index (χ0) is 21.6. The van der Waals surface area contributed by atoms with E-state index in [9.17, 15) is 4.79 Å². The summed E-state index contributed by atoms with van der Waals surface area (Å²) in [6, 6.07) is 10.2. The highest BCUT2D eigenvalue weighted by Crippen LogP contribution is 2.32. The van der Waals surface area contributed by atoms with Crippen LogP contribution in [0.4, 0.5) is 0 Å². The second kappa shape index (κ2) is 10.1. The number of ether oxygens (including phenoxy) is 2. The van der Waals surface area contributed by atoms with Crippen LogP contribution in [0.15, 0.2) is 42.7 Å². The van der Waals surface area contributed by atoms with Crippen molar-refractivity contribution >= 4 is 5.91 Å². The Hall–Kier alpha value is -2.60. The molecule has 2 unspecified atom stereocenters. The van der Waals surface area contributed by atoms with Crippen LogP contribution in [0.3, 0.4) is 0 Å². The molecule has 0 N–H and O–H groups in total. The van der Waals surface area contributed by atoms with E-state index in [1.54, 1.807) is 13.3 Å². The summed E-state index contributed by atoms with van der Waals surface area (Å²) in [6.07, 6.45) is 8.52. The summed E-state index contributed by atoms with van der Waals surface area (Å²) < 4.78 is 11.6. The lowest BCUT2D eigenvalue weighted by molar-refractivity contribution is -0.135. The van der Waals surface area contributed by atoms with Crippen LogP contribution >= 0.6 is 0 Å². The van der Waals surface area contributed by atoms with Gasteiger partial charge in [0.05, 0.1) is 13.2 Å². The molecule has 6 nitrogen and oxygen atoms in total. The minimum absolute atomic E-state index is 0.128. The van der Waals surface area contributed by atoms with E-state index in [0.717, 1.165) is 74.5 Å². The van der Waals surface area contributed by atoms with Crippen LogP contribution in [-0.2, 0) is 11.3 Å². The van der Waals surface area contributed by atoms with Crippen LogP contribution in [0.5, 0.6) is 11.5 Å². The largest absolute Gasteiger partial charge is 0.497 e. The number of hydrogen-bond donors (Lipinski definition) is 0. The molecule has 1 aromatic carbocycles. The number of fused-ring (bicyclic) bond motifs is 1. The minimum atomic E-state index is 0.128. The molecule has 31 heavy (non-hydrogen) atoms. The first-order chi connectivity index (χ1) is 15.2. The molecule has 2 aliphatic rings. The number of nitrogens with zero attached hydrogens (tertiary/aromatic N) is 3. The van der Waals surface area contributed by atoms with Gasteiger partial charge in [-0.25, -0.2) is 0 Å². The lowest BCUT2D eigenvalue weighted by atomic mass is 9.96. The Morgan fingerprint density at radius 3 is 2.97 bits per heavy atom. The lowest BCUT2D eigenvalue weighted by Gasteiger charge is -2.36. The summed E-state index contributed by atoms with van der Waals surface area (Å²) >= 11 is 0. The molecule has 3 heterocycles. The number of likely N-dealkylation sites (tertiary alicyclic amines) is 1. The highest BCUT2D eigenvalue weighted by Gasteiger charge is 2.29. The maximum absolute atomic E-state index is 13.2. The van der Waals surface area contributed by atoms with Gasteiger partial charge in [0.1, 0.15) is 17.6 Å². The Balaban J connectivity index is 1.43. The van der Waals surface area contributed by atoms with Gasteiger partial charge in [-0.15, -0.1) is 0 Å². The average molecular weight is 424 g/mol. The molecule has 2 aromatic rings. The number of benzene rings is 1. The first kappa shape index (κ1) is 21.6. The molecule has 6 heteroatoms. The van der Waals surface area contributed by atoms with Gasteiger partial charge in [0.25, 0.3) is 0 Å². The number of pyridine rings is 1. The summed E-state index contributed by atoms with van der Waals surface area (Å²) in [6.45, 7) is 5.30. The van der Waals surface area contributed by atoms with Crippen molar-refractivity contribution in [1.82, 2.24) is 14.8 Å². The van der Waals surface area contributed by atoms with Crippen molar-refractivity contribution < 1.29 is 14.3 Å². The van der Waals surface area contributed by atoms with Gasteiger partial charge in [-0.2, -0.15) is 0 Å². The van der Waals surface area contributed by atoms with Gasteiger partial charge in [-0.3, -0.25) is 14.7 Å². The van der Waals surface area contributed by atoms with Crippen LogP contribution in [0.1, 0.15) is 56.2 Å². The topological polar surface area (TPSA) is 54.9 Å². The summed E-state index contributed by atoms with van der Waals surface area (Å²) in [4.78, 5) is 21.9. The van der Waals surface area contributed by atoms with Gasteiger partial charge in [-0.05, 0) is 55.5 Å². The summed E-state index contributed by atoms with van der Waals surface area (Å²) in [5.41, 5.74) is 2.26. The monoisotopic (exact) mass is 423 g/mol. The third kappa shape index (κ3) is 5.18. The summed E-state index contributed by atoms with van der Waals surface area (Å²) in [5, 5.41) is 0. The number of rotatable bonds is 6. The molecule has 0 radical (unpaired) electrons. The fraction of sp³-hybridized carbons (Fsp3) is 0.520. The van der Waals surface area contributed by atoms with E-state index >= 15 is 0 Å². The summed E-state index contributed by atoms with van der Waals surface area (Å²) in [5.74, 6) is 1.99. The molecule has 2 aliphatic heterocycles. The van der Waals surface area contributed by atoms with Gasteiger partial charge in [0.15, 0.2) is 0 Å². The predicted octanol–water partition coefficient (Wildman–Crippen LogP) is 4.21. The van der Waals surface area contributed by atoms with Crippen molar-refractivity contribution in [1.29, 1.82) is 0 Å². The van der Waals surface area contributed by atoms with E-state index in [4.69, 9.17) is 9.47 Å². The number of methoxy groups -OCH3 is 1. The smallest absolute Gasteiger partial charge is 0.224 e. The van der Waals surface area contributed by atoms with Crippen LogP contribution in [0, 0.1) is 0 Å². The molecule has 4 rings (SSSR count). The first-order valence-corrected chi connectivity index (χ1v) is 11.4. The van der Waals surface area contributed by atoms with E-state index in [2.05, 4.69) is 27.8 Å². The van der Waals surface area contributed by atoms with Crippen molar-refractivity contribution in [2.24, 2.45) is 0 Å². The van der Waals surface area contributed by atoms with E-state index in [1.165, 1.54) is 0 Å². The van der Waals surface area contributed by atoms with Crippen LogP contribution < -0.4 is 9.47 Å². The van der Waals surface area contributed by atoms with Gasteiger partial charge < -0.3 is 14.4 Å². The van der Waals surface area contributed by atoms with Crippen molar-refractivity contribution in [3.05, 3.63) is 53.9 Å². The molecule has 0 saturated carbocycles. The molecule has 166 valence electrons. The average Bonchev–Trinajstić information content (AvgIpc) is 3.01. The number of hydrogen-bond acceptors (Lipinski definition) is 5.